The molecule has 1 N–H and O–H groups in total. The van der Waals surface area contributed by atoms with Crippen LogP contribution in [0.4, 0.5) is 16.2 Å². The zero-order chi connectivity index (χ0) is 18.0. The Kier molecular flexibility index (Phi) is 4.72. The van der Waals surface area contributed by atoms with Crippen LogP contribution in [-0.2, 0) is 13.6 Å². The number of benzene rings is 1. The number of hydrogen-bond donors (Lipinski definition) is 1. The van der Waals surface area contributed by atoms with Crippen molar-refractivity contribution >= 4 is 28.3 Å². The number of nitrogens with zero attached hydrogens (tertiary/aromatic N) is 4. The third kappa shape index (κ3) is 3.64. The Labute approximate surface area is 147 Å². The molecule has 0 saturated carbocycles. The van der Waals surface area contributed by atoms with Crippen molar-refractivity contribution < 1.29 is 4.79 Å². The molecule has 0 atom stereocenters. The van der Waals surface area contributed by atoms with E-state index in [0.29, 0.717) is 0 Å². The van der Waals surface area contributed by atoms with E-state index in [-0.39, 0.29) is 6.03 Å². The van der Waals surface area contributed by atoms with Crippen LogP contribution in [0.3, 0.4) is 0 Å². The number of anilines is 2. The molecule has 6 heteroatoms. The minimum Gasteiger partial charge on any atom is -0.348 e. The second-order valence-corrected chi connectivity index (χ2v) is 6.41. The van der Waals surface area contributed by atoms with Crippen molar-refractivity contribution in [2.24, 2.45) is 7.05 Å². The van der Waals surface area contributed by atoms with E-state index in [1.807, 2.05) is 67.1 Å². The summed E-state index contributed by atoms with van der Waals surface area (Å²) in [5, 5.41) is 3.99. The van der Waals surface area contributed by atoms with Gasteiger partial charge in [0.25, 0.3) is 0 Å². The first-order valence-corrected chi connectivity index (χ1v) is 8.14. The molecule has 0 fully saturated rings. The Bertz CT molecular complexity index is 900. The lowest BCUT2D eigenvalue weighted by atomic mass is 10.2. The third-order valence-corrected chi connectivity index (χ3v) is 4.09. The monoisotopic (exact) mass is 337 g/mol. The second-order valence-electron chi connectivity index (χ2n) is 6.41. The number of urea groups is 1. The predicted octanol–water partition coefficient (Wildman–Crippen LogP) is 3.30. The Hall–Kier alpha value is -2.86. The van der Waals surface area contributed by atoms with Gasteiger partial charge in [-0.05, 0) is 32.3 Å². The summed E-state index contributed by atoms with van der Waals surface area (Å²) in [6.07, 6.45) is 3.68. The standard InChI is InChI=1S/C19H23N5O/c1-22(2)12-15-11-14(9-10-20-15)21-19(25)24(4)18-13-23(3)17-8-6-5-7-16(17)18/h5-11,13H,12H2,1-4H3,(H,20,21,25). The Morgan fingerprint density at radius 2 is 1.96 bits per heavy atom. The number of aromatic nitrogens is 2. The van der Waals surface area contributed by atoms with Gasteiger partial charge < -0.3 is 14.8 Å². The number of amides is 2. The van der Waals surface area contributed by atoms with Gasteiger partial charge >= 0.3 is 6.03 Å². The van der Waals surface area contributed by atoms with Crippen LogP contribution in [0.15, 0.2) is 48.8 Å². The molecule has 6 nitrogen and oxygen atoms in total. The molecule has 1 aromatic carbocycles. The van der Waals surface area contributed by atoms with Crippen LogP contribution in [0.25, 0.3) is 10.9 Å². The molecule has 0 spiro atoms. The maximum Gasteiger partial charge on any atom is 0.326 e. The molecule has 2 heterocycles. The smallest absolute Gasteiger partial charge is 0.326 e. The molecule has 0 saturated heterocycles. The first kappa shape index (κ1) is 17.0. The quantitative estimate of drug-likeness (QED) is 0.795. The van der Waals surface area contributed by atoms with E-state index in [0.717, 1.165) is 34.5 Å². The molecule has 0 bridgehead atoms. The largest absolute Gasteiger partial charge is 0.348 e. The summed E-state index contributed by atoms with van der Waals surface area (Å²) < 4.78 is 2.02. The molecule has 0 aliphatic heterocycles. The van der Waals surface area contributed by atoms with E-state index in [1.165, 1.54) is 0 Å². The fourth-order valence-electron chi connectivity index (χ4n) is 2.87. The third-order valence-electron chi connectivity index (χ3n) is 4.09. The van der Waals surface area contributed by atoms with Crippen molar-refractivity contribution in [2.45, 2.75) is 6.54 Å². The van der Waals surface area contributed by atoms with Crippen LogP contribution >= 0.6 is 0 Å². The SMILES string of the molecule is CN(C)Cc1cc(NC(=O)N(C)c2cn(C)c3ccccc23)ccn1. The highest BCUT2D eigenvalue weighted by atomic mass is 16.2. The lowest BCUT2D eigenvalue weighted by molar-refractivity contribution is 0.258. The summed E-state index contributed by atoms with van der Waals surface area (Å²) in [5.41, 5.74) is 3.62. The van der Waals surface area contributed by atoms with Crippen LogP contribution in [0, 0.1) is 0 Å². The van der Waals surface area contributed by atoms with Gasteiger partial charge in [0, 0.05) is 49.6 Å². The average molecular weight is 337 g/mol. The van der Waals surface area contributed by atoms with Gasteiger partial charge in [-0.15, -0.1) is 0 Å². The van der Waals surface area contributed by atoms with Gasteiger partial charge in [-0.2, -0.15) is 0 Å². The predicted molar refractivity (Wildman–Crippen MR) is 102 cm³/mol. The highest BCUT2D eigenvalue weighted by Crippen LogP contribution is 2.28. The molecule has 3 aromatic rings. The second kappa shape index (κ2) is 6.94. The summed E-state index contributed by atoms with van der Waals surface area (Å²) in [4.78, 5) is 20.7. The van der Waals surface area contributed by atoms with Crippen molar-refractivity contribution in [1.29, 1.82) is 0 Å². The number of carbonyl (C=O) groups excluding carboxylic acids is 1. The number of carbonyl (C=O) groups is 1. The number of pyridine rings is 1. The number of fused-ring (bicyclic) bond motifs is 1. The fraction of sp³-hybridized carbons (Fsp3) is 0.263. The summed E-state index contributed by atoms with van der Waals surface area (Å²) in [6.45, 7) is 0.725. The van der Waals surface area contributed by atoms with Gasteiger partial charge in [-0.25, -0.2) is 4.79 Å². The molecule has 3 rings (SSSR count). The normalized spacial score (nSPS) is 11.1. The van der Waals surface area contributed by atoms with E-state index in [2.05, 4.69) is 10.3 Å². The van der Waals surface area contributed by atoms with Crippen molar-refractivity contribution in [2.75, 3.05) is 31.4 Å². The van der Waals surface area contributed by atoms with Crippen molar-refractivity contribution in [3.8, 4) is 0 Å². The first-order chi connectivity index (χ1) is 12.0. The Morgan fingerprint density at radius 1 is 1.20 bits per heavy atom. The van der Waals surface area contributed by atoms with Gasteiger partial charge in [0.05, 0.1) is 11.4 Å². The Balaban J connectivity index is 1.81. The van der Waals surface area contributed by atoms with Crippen LogP contribution in [0.1, 0.15) is 5.69 Å². The highest BCUT2D eigenvalue weighted by molar-refractivity contribution is 6.07. The number of nitrogens with one attached hydrogen (secondary N) is 1. The molecule has 0 radical (unpaired) electrons. The topological polar surface area (TPSA) is 53.4 Å². The molecule has 0 unspecified atom stereocenters. The lowest BCUT2D eigenvalue weighted by Crippen LogP contribution is -2.31. The zero-order valence-corrected chi connectivity index (χ0v) is 15.0. The maximum atomic E-state index is 12.7. The van der Waals surface area contributed by atoms with Crippen LogP contribution in [0.2, 0.25) is 0 Å². The molecule has 0 aliphatic rings. The minimum absolute atomic E-state index is 0.182. The molecule has 0 aliphatic carbocycles. The van der Waals surface area contributed by atoms with Crippen molar-refractivity contribution in [3.05, 3.63) is 54.5 Å². The summed E-state index contributed by atoms with van der Waals surface area (Å²) >= 11 is 0. The maximum absolute atomic E-state index is 12.7. The van der Waals surface area contributed by atoms with Gasteiger partial charge in [0.2, 0.25) is 0 Å². The van der Waals surface area contributed by atoms with Gasteiger partial charge in [-0.3, -0.25) is 9.88 Å². The number of hydrogen-bond acceptors (Lipinski definition) is 3. The van der Waals surface area contributed by atoms with Crippen molar-refractivity contribution in [1.82, 2.24) is 14.5 Å². The Morgan fingerprint density at radius 3 is 2.72 bits per heavy atom. The summed E-state index contributed by atoms with van der Waals surface area (Å²) in [7, 11) is 7.73. The molecule has 130 valence electrons. The van der Waals surface area contributed by atoms with Crippen LogP contribution < -0.4 is 10.2 Å². The summed E-state index contributed by atoms with van der Waals surface area (Å²) in [6, 6.07) is 11.6. The first-order valence-electron chi connectivity index (χ1n) is 8.14. The van der Waals surface area contributed by atoms with E-state index in [1.54, 1.807) is 24.2 Å². The highest BCUT2D eigenvalue weighted by Gasteiger charge is 2.16. The molecule has 2 aromatic heterocycles. The number of aryl methyl sites for hydroxylation is 1. The van der Waals surface area contributed by atoms with Gasteiger partial charge in [0.15, 0.2) is 0 Å². The van der Waals surface area contributed by atoms with Gasteiger partial charge in [0.1, 0.15) is 0 Å². The van der Waals surface area contributed by atoms with Gasteiger partial charge in [-0.1, -0.05) is 18.2 Å². The van der Waals surface area contributed by atoms with E-state index in [9.17, 15) is 4.79 Å². The van der Waals surface area contributed by atoms with E-state index >= 15 is 0 Å². The number of para-hydroxylation sites is 1. The zero-order valence-electron chi connectivity index (χ0n) is 15.0. The van der Waals surface area contributed by atoms with Crippen LogP contribution in [-0.4, -0.2) is 41.6 Å². The van der Waals surface area contributed by atoms with Crippen molar-refractivity contribution in [3.63, 3.8) is 0 Å². The van der Waals surface area contributed by atoms with E-state index in [4.69, 9.17) is 0 Å². The summed E-state index contributed by atoms with van der Waals surface area (Å²) in [5.74, 6) is 0. The molecular formula is C19H23N5O. The molecular weight excluding hydrogens is 314 g/mol. The lowest BCUT2D eigenvalue weighted by Gasteiger charge is -2.18. The average Bonchev–Trinajstić information content (AvgIpc) is 2.91. The van der Waals surface area contributed by atoms with E-state index < -0.39 is 0 Å². The molecule has 25 heavy (non-hydrogen) atoms. The number of rotatable bonds is 4. The van der Waals surface area contributed by atoms with Crippen LogP contribution in [0.5, 0.6) is 0 Å². The molecule has 2 amide bonds. The minimum atomic E-state index is -0.182. The fourth-order valence-corrected chi connectivity index (χ4v) is 2.87.